The molecular formula is C27H21Cl3N4O3. The Hall–Kier alpha value is -3.52. The van der Waals surface area contributed by atoms with E-state index >= 15 is 0 Å². The summed E-state index contributed by atoms with van der Waals surface area (Å²) in [5, 5.41) is 21.8. The summed E-state index contributed by atoms with van der Waals surface area (Å²) in [7, 11) is 0. The fourth-order valence-electron chi connectivity index (χ4n) is 3.98. The topological polar surface area (TPSA) is 96.3 Å². The highest BCUT2D eigenvalue weighted by Crippen LogP contribution is 2.42. The number of phenols is 1. The average molecular weight is 556 g/mol. The Balaban J connectivity index is 1.36. The van der Waals surface area contributed by atoms with E-state index in [0.717, 1.165) is 24.1 Å². The fraction of sp³-hybridized carbons (Fsp3) is 0.148. The van der Waals surface area contributed by atoms with Gasteiger partial charge in [-0.25, -0.2) is 4.79 Å². The smallest absolute Gasteiger partial charge is 0.342 e. The summed E-state index contributed by atoms with van der Waals surface area (Å²) >= 11 is 18.4. The molecule has 0 unspecified atom stereocenters. The predicted octanol–water partition coefficient (Wildman–Crippen LogP) is 7.10. The molecule has 2 amide bonds. The van der Waals surface area contributed by atoms with Crippen LogP contribution in [0.25, 0.3) is 11.3 Å². The third-order valence-electron chi connectivity index (χ3n) is 6.03. The lowest BCUT2D eigenvalue weighted by molar-refractivity contribution is 0.102. The highest BCUT2D eigenvalue weighted by Gasteiger charge is 2.31. The molecule has 10 heteroatoms. The summed E-state index contributed by atoms with van der Waals surface area (Å²) in [5.41, 5.74) is 2.93. The van der Waals surface area contributed by atoms with Crippen LogP contribution >= 0.6 is 34.8 Å². The first-order valence-electron chi connectivity index (χ1n) is 11.5. The zero-order valence-electron chi connectivity index (χ0n) is 19.3. The van der Waals surface area contributed by atoms with Crippen LogP contribution in [-0.4, -0.2) is 26.8 Å². The molecule has 3 N–H and O–H groups in total. The Labute approximate surface area is 228 Å². The van der Waals surface area contributed by atoms with E-state index in [1.165, 1.54) is 10.7 Å². The molecule has 0 atom stereocenters. The van der Waals surface area contributed by atoms with Crippen LogP contribution in [0.5, 0.6) is 5.75 Å². The lowest BCUT2D eigenvalue weighted by Crippen LogP contribution is -2.30. The van der Waals surface area contributed by atoms with Crippen LogP contribution in [0, 0.1) is 0 Å². The van der Waals surface area contributed by atoms with E-state index in [2.05, 4.69) is 15.7 Å². The van der Waals surface area contributed by atoms with Gasteiger partial charge in [-0.15, -0.1) is 0 Å². The maximum Gasteiger partial charge on any atom is 0.342 e. The lowest BCUT2D eigenvalue weighted by Gasteiger charge is -2.10. The number of hydrogen-bond acceptors (Lipinski definition) is 4. The predicted molar refractivity (Wildman–Crippen MR) is 145 cm³/mol. The van der Waals surface area contributed by atoms with E-state index in [0.29, 0.717) is 22.0 Å². The third kappa shape index (κ3) is 5.44. The number of carbonyl (C=O) groups excluding carboxylic acids is 2. The maximum absolute atomic E-state index is 13.0. The minimum absolute atomic E-state index is 0.105. The summed E-state index contributed by atoms with van der Waals surface area (Å²) in [6.45, 7) is 0.257. The number of amides is 2. The molecule has 1 aliphatic carbocycles. The molecule has 0 radical (unpaired) electrons. The van der Waals surface area contributed by atoms with Gasteiger partial charge in [0.1, 0.15) is 5.75 Å². The number of rotatable bonds is 6. The molecule has 0 saturated heterocycles. The quantitative estimate of drug-likeness (QED) is 0.236. The monoisotopic (exact) mass is 554 g/mol. The largest absolute Gasteiger partial charge is 0.507 e. The summed E-state index contributed by atoms with van der Waals surface area (Å²) in [6.07, 6.45) is 1.93. The van der Waals surface area contributed by atoms with Gasteiger partial charge in [-0.05, 0) is 54.8 Å². The van der Waals surface area contributed by atoms with Gasteiger partial charge in [0.2, 0.25) is 0 Å². The molecule has 1 aromatic heterocycles. The van der Waals surface area contributed by atoms with Gasteiger partial charge in [0, 0.05) is 34.8 Å². The van der Waals surface area contributed by atoms with E-state index in [9.17, 15) is 14.7 Å². The second-order valence-electron chi connectivity index (χ2n) is 8.67. The van der Waals surface area contributed by atoms with Crippen molar-refractivity contribution in [3.63, 3.8) is 0 Å². The Morgan fingerprint density at radius 1 is 0.946 bits per heavy atom. The number of benzene rings is 3. The lowest BCUT2D eigenvalue weighted by atomic mass is 10.1. The maximum atomic E-state index is 13.0. The van der Waals surface area contributed by atoms with Gasteiger partial charge in [0.05, 0.1) is 27.0 Å². The highest BCUT2D eigenvalue weighted by atomic mass is 35.5. The van der Waals surface area contributed by atoms with Gasteiger partial charge in [0.25, 0.3) is 5.91 Å². The van der Waals surface area contributed by atoms with Crippen molar-refractivity contribution in [1.82, 2.24) is 15.1 Å². The number of anilines is 1. The number of halogens is 3. The van der Waals surface area contributed by atoms with E-state index in [4.69, 9.17) is 34.8 Å². The van der Waals surface area contributed by atoms with Gasteiger partial charge < -0.3 is 15.7 Å². The number of carbonyl (C=O) groups is 2. The van der Waals surface area contributed by atoms with Crippen molar-refractivity contribution in [2.45, 2.75) is 25.3 Å². The highest BCUT2D eigenvalue weighted by molar-refractivity contribution is 6.40. The minimum atomic E-state index is -0.502. The van der Waals surface area contributed by atoms with Crippen LogP contribution in [0.1, 0.15) is 40.4 Å². The first-order valence-corrected chi connectivity index (χ1v) is 12.7. The molecule has 188 valence electrons. The molecule has 7 nitrogen and oxygen atoms in total. The second kappa shape index (κ2) is 10.5. The van der Waals surface area contributed by atoms with Crippen LogP contribution in [0.4, 0.5) is 10.5 Å². The van der Waals surface area contributed by atoms with Crippen molar-refractivity contribution in [1.29, 1.82) is 0 Å². The molecule has 1 fully saturated rings. The van der Waals surface area contributed by atoms with Crippen LogP contribution in [0.15, 0.2) is 66.7 Å². The van der Waals surface area contributed by atoms with Crippen molar-refractivity contribution in [2.75, 3.05) is 5.32 Å². The molecule has 4 aromatic rings. The fourth-order valence-corrected chi connectivity index (χ4v) is 4.75. The first kappa shape index (κ1) is 25.1. The van der Waals surface area contributed by atoms with Crippen molar-refractivity contribution in [3.05, 3.63) is 98.6 Å². The van der Waals surface area contributed by atoms with Gasteiger partial charge in [-0.2, -0.15) is 9.78 Å². The van der Waals surface area contributed by atoms with Crippen molar-refractivity contribution >= 4 is 52.4 Å². The zero-order chi connectivity index (χ0) is 26.1. The Kier molecular flexibility index (Phi) is 7.11. The van der Waals surface area contributed by atoms with E-state index in [1.807, 2.05) is 24.3 Å². The second-order valence-corrected chi connectivity index (χ2v) is 9.89. The molecule has 1 aliphatic rings. The van der Waals surface area contributed by atoms with E-state index < -0.39 is 5.91 Å². The van der Waals surface area contributed by atoms with Crippen molar-refractivity contribution in [3.8, 4) is 17.0 Å². The number of aromatic hydroxyl groups is 1. The molecule has 0 spiro atoms. The normalized spacial score (nSPS) is 12.8. The Morgan fingerprint density at radius 2 is 1.65 bits per heavy atom. The molecular weight excluding hydrogens is 535 g/mol. The van der Waals surface area contributed by atoms with Crippen molar-refractivity contribution < 1.29 is 14.7 Å². The molecule has 0 aliphatic heterocycles. The molecule has 37 heavy (non-hydrogen) atoms. The molecule has 1 heterocycles. The summed E-state index contributed by atoms with van der Waals surface area (Å²) in [6, 6.07) is 18.2. The summed E-state index contributed by atoms with van der Waals surface area (Å²) in [4.78, 5) is 25.7. The number of phenolic OH excluding ortho intramolecular Hbond substituents is 1. The number of hydrogen-bond donors (Lipinski definition) is 3. The molecule has 0 bridgehead atoms. The third-order valence-corrected chi connectivity index (χ3v) is 7.03. The number of nitrogens with zero attached hydrogens (tertiary/aromatic N) is 2. The Bertz CT molecular complexity index is 1490. The van der Waals surface area contributed by atoms with Crippen LogP contribution in [-0.2, 0) is 6.54 Å². The van der Waals surface area contributed by atoms with E-state index in [1.54, 1.807) is 36.4 Å². The first-order chi connectivity index (χ1) is 17.8. The Morgan fingerprint density at radius 3 is 2.32 bits per heavy atom. The van der Waals surface area contributed by atoms with Crippen LogP contribution < -0.4 is 10.6 Å². The average Bonchev–Trinajstić information content (AvgIpc) is 3.62. The minimum Gasteiger partial charge on any atom is -0.507 e. The van der Waals surface area contributed by atoms with Gasteiger partial charge >= 0.3 is 6.03 Å². The van der Waals surface area contributed by atoms with Gasteiger partial charge in [-0.3, -0.25) is 4.79 Å². The SMILES string of the molecule is O=C(Nc1ccc(-c2cc(C3CC3)n(C(=O)NCc3ccccc3Cl)n2)c(O)c1)c1c(Cl)cccc1Cl. The number of aromatic nitrogens is 2. The summed E-state index contributed by atoms with van der Waals surface area (Å²) < 4.78 is 1.35. The van der Waals surface area contributed by atoms with Gasteiger partial charge in [0.15, 0.2) is 0 Å². The van der Waals surface area contributed by atoms with Gasteiger partial charge in [-0.1, -0.05) is 59.1 Å². The number of nitrogens with one attached hydrogen (secondary N) is 2. The molecule has 3 aromatic carbocycles. The molecule has 1 saturated carbocycles. The van der Waals surface area contributed by atoms with Crippen LogP contribution in [0.2, 0.25) is 15.1 Å². The standard InChI is InChI=1S/C27H21Cl3N4O3/c28-19-5-2-1-4-16(19)14-31-27(37)34-23(15-8-9-15)13-22(33-34)18-11-10-17(12-24(18)35)32-26(36)25-20(29)6-3-7-21(25)30/h1-7,10-13,15,35H,8-9,14H2,(H,31,37)(H,32,36). The summed E-state index contributed by atoms with van der Waals surface area (Å²) in [5.74, 6) is -0.377. The van der Waals surface area contributed by atoms with E-state index in [-0.39, 0.29) is 39.9 Å². The van der Waals surface area contributed by atoms with Crippen molar-refractivity contribution in [2.24, 2.45) is 0 Å². The molecule has 5 rings (SSSR count). The van der Waals surface area contributed by atoms with Crippen LogP contribution in [0.3, 0.4) is 0 Å². The zero-order valence-corrected chi connectivity index (χ0v) is 21.6.